The minimum atomic E-state index is -0.630. The molecule has 0 aromatic heterocycles. The van der Waals surface area contributed by atoms with Crippen molar-refractivity contribution in [3.8, 4) is 0 Å². The zero-order valence-corrected chi connectivity index (χ0v) is 11.0. The van der Waals surface area contributed by atoms with Gasteiger partial charge in [-0.2, -0.15) is 23.5 Å². The van der Waals surface area contributed by atoms with Crippen molar-refractivity contribution < 1.29 is 9.90 Å². The molecule has 15 heavy (non-hydrogen) atoms. The highest BCUT2D eigenvalue weighted by molar-refractivity contribution is 8.00. The van der Waals surface area contributed by atoms with Gasteiger partial charge in [0.25, 0.3) is 0 Å². The molecular weight excluding hydrogens is 228 g/mol. The fraction of sp³-hybridized carbons (Fsp3) is 0.909. The second-order valence-corrected chi connectivity index (χ2v) is 6.67. The van der Waals surface area contributed by atoms with Crippen LogP contribution in [0.25, 0.3) is 0 Å². The summed E-state index contributed by atoms with van der Waals surface area (Å²) in [6.07, 6.45) is 3.88. The molecule has 4 heteroatoms. The van der Waals surface area contributed by atoms with Crippen LogP contribution in [0.15, 0.2) is 0 Å². The van der Waals surface area contributed by atoms with Crippen LogP contribution in [0.2, 0.25) is 0 Å². The minimum absolute atomic E-state index is 0.175. The Morgan fingerprint density at radius 1 is 1.33 bits per heavy atom. The molecule has 0 bridgehead atoms. The summed E-state index contributed by atoms with van der Waals surface area (Å²) in [5.74, 6) is 4.06. The first kappa shape index (κ1) is 13.2. The van der Waals surface area contributed by atoms with Crippen LogP contribution >= 0.6 is 23.5 Å². The molecule has 0 saturated heterocycles. The van der Waals surface area contributed by atoms with Gasteiger partial charge in [0.05, 0.1) is 6.42 Å². The van der Waals surface area contributed by atoms with Crippen LogP contribution in [-0.4, -0.2) is 34.1 Å². The normalized spacial score (nSPS) is 17.7. The number of carbonyl (C=O) groups is 1. The highest BCUT2D eigenvalue weighted by atomic mass is 32.2. The zero-order valence-electron chi connectivity index (χ0n) is 9.33. The summed E-state index contributed by atoms with van der Waals surface area (Å²) < 4.78 is 0. The molecule has 0 aliphatic heterocycles. The van der Waals surface area contributed by atoms with Gasteiger partial charge in [-0.05, 0) is 47.7 Å². The molecule has 0 aromatic carbocycles. The topological polar surface area (TPSA) is 37.3 Å². The Morgan fingerprint density at radius 3 is 2.53 bits per heavy atom. The van der Waals surface area contributed by atoms with E-state index in [0.29, 0.717) is 6.42 Å². The summed E-state index contributed by atoms with van der Waals surface area (Å²) in [5, 5.41) is 8.75. The van der Waals surface area contributed by atoms with E-state index in [0.717, 1.165) is 18.6 Å². The summed E-state index contributed by atoms with van der Waals surface area (Å²) in [5.41, 5.74) is 0.175. The fourth-order valence-electron chi connectivity index (χ4n) is 1.57. The zero-order chi connectivity index (χ0) is 11.1. The van der Waals surface area contributed by atoms with Gasteiger partial charge in [-0.15, -0.1) is 0 Å². The van der Waals surface area contributed by atoms with Gasteiger partial charge in [-0.1, -0.05) is 6.92 Å². The maximum Gasteiger partial charge on any atom is 0.303 e. The summed E-state index contributed by atoms with van der Waals surface area (Å²) >= 11 is 3.92. The number of rotatable bonds is 9. The fourth-order valence-corrected chi connectivity index (χ4v) is 3.70. The highest BCUT2D eigenvalue weighted by Gasteiger charge is 2.43. The van der Waals surface area contributed by atoms with Crippen LogP contribution in [-0.2, 0) is 4.79 Å². The van der Waals surface area contributed by atoms with E-state index in [4.69, 9.17) is 5.11 Å². The van der Waals surface area contributed by atoms with Crippen LogP contribution in [0, 0.1) is 5.41 Å². The van der Waals surface area contributed by atoms with E-state index >= 15 is 0 Å². The van der Waals surface area contributed by atoms with E-state index in [1.807, 2.05) is 23.5 Å². The Balaban J connectivity index is 1.97. The maximum absolute atomic E-state index is 10.6. The Bertz CT molecular complexity index is 203. The number of carboxylic acids is 1. The second kappa shape index (κ2) is 6.69. The smallest absolute Gasteiger partial charge is 0.303 e. The highest BCUT2D eigenvalue weighted by Crippen LogP contribution is 2.51. The van der Waals surface area contributed by atoms with Crippen molar-refractivity contribution in [3.05, 3.63) is 0 Å². The molecule has 1 rings (SSSR count). The van der Waals surface area contributed by atoms with Crippen molar-refractivity contribution in [1.82, 2.24) is 0 Å². The van der Waals surface area contributed by atoms with E-state index in [1.54, 1.807) is 0 Å². The Morgan fingerprint density at radius 2 is 2.00 bits per heavy atom. The number of aliphatic carboxylic acids is 1. The summed E-state index contributed by atoms with van der Waals surface area (Å²) in [7, 11) is 0. The molecular formula is C11H20O2S2. The summed E-state index contributed by atoms with van der Waals surface area (Å²) in [6.45, 7) is 2.18. The number of hydrogen-bond acceptors (Lipinski definition) is 3. The van der Waals surface area contributed by atoms with Crippen molar-refractivity contribution in [2.45, 2.75) is 32.6 Å². The Kier molecular flexibility index (Phi) is 5.90. The average Bonchev–Trinajstić information content (AvgIpc) is 2.91. The van der Waals surface area contributed by atoms with E-state index in [-0.39, 0.29) is 5.41 Å². The van der Waals surface area contributed by atoms with Crippen molar-refractivity contribution in [2.75, 3.05) is 23.0 Å². The molecule has 0 aromatic rings. The largest absolute Gasteiger partial charge is 0.481 e. The molecule has 0 amide bonds. The molecule has 1 N–H and O–H groups in total. The monoisotopic (exact) mass is 248 g/mol. The molecule has 1 fully saturated rings. The van der Waals surface area contributed by atoms with Crippen molar-refractivity contribution >= 4 is 29.5 Å². The number of thioether (sulfide) groups is 2. The molecule has 88 valence electrons. The minimum Gasteiger partial charge on any atom is -0.481 e. The lowest BCUT2D eigenvalue weighted by molar-refractivity contribution is -0.138. The van der Waals surface area contributed by atoms with E-state index in [1.165, 1.54) is 23.7 Å². The lowest BCUT2D eigenvalue weighted by Gasteiger charge is -2.11. The van der Waals surface area contributed by atoms with Crippen molar-refractivity contribution in [2.24, 2.45) is 5.41 Å². The molecule has 1 saturated carbocycles. The van der Waals surface area contributed by atoms with Gasteiger partial charge < -0.3 is 5.11 Å². The standard InChI is InChI=1S/C11H20O2S2/c1-2-14-6-3-7-15-9-11(4-5-11)8-10(12)13/h2-9H2,1H3,(H,12,13). The maximum atomic E-state index is 10.6. The first-order valence-corrected chi connectivity index (χ1v) is 7.87. The Labute approximate surface area is 101 Å². The first-order valence-electron chi connectivity index (χ1n) is 5.56. The molecule has 2 nitrogen and oxygen atoms in total. The van der Waals surface area contributed by atoms with Gasteiger partial charge in [0.15, 0.2) is 0 Å². The quantitative estimate of drug-likeness (QED) is 0.636. The van der Waals surface area contributed by atoms with Gasteiger partial charge in [-0.3, -0.25) is 4.79 Å². The molecule has 1 aliphatic carbocycles. The van der Waals surface area contributed by atoms with Crippen LogP contribution in [0.5, 0.6) is 0 Å². The molecule has 0 spiro atoms. The van der Waals surface area contributed by atoms with Crippen molar-refractivity contribution in [3.63, 3.8) is 0 Å². The van der Waals surface area contributed by atoms with Gasteiger partial charge in [-0.25, -0.2) is 0 Å². The number of carboxylic acid groups (broad SMARTS) is 1. The van der Waals surface area contributed by atoms with E-state index in [2.05, 4.69) is 6.92 Å². The third-order valence-electron chi connectivity index (χ3n) is 2.67. The lowest BCUT2D eigenvalue weighted by Crippen LogP contribution is -2.11. The van der Waals surface area contributed by atoms with E-state index in [9.17, 15) is 4.79 Å². The first-order chi connectivity index (χ1) is 7.18. The SMILES string of the molecule is CCSCCCSCC1(CC(=O)O)CC1. The molecule has 0 unspecified atom stereocenters. The third-order valence-corrected chi connectivity index (χ3v) is 5.05. The van der Waals surface area contributed by atoms with Crippen LogP contribution in [0.1, 0.15) is 32.6 Å². The van der Waals surface area contributed by atoms with Gasteiger partial charge in [0.1, 0.15) is 0 Å². The lowest BCUT2D eigenvalue weighted by atomic mass is 10.1. The predicted molar refractivity (Wildman–Crippen MR) is 68.9 cm³/mol. The van der Waals surface area contributed by atoms with Crippen LogP contribution in [0.3, 0.4) is 0 Å². The van der Waals surface area contributed by atoms with Gasteiger partial charge in [0, 0.05) is 0 Å². The molecule has 0 atom stereocenters. The van der Waals surface area contributed by atoms with Crippen LogP contribution < -0.4 is 0 Å². The van der Waals surface area contributed by atoms with Crippen molar-refractivity contribution in [1.29, 1.82) is 0 Å². The third kappa shape index (κ3) is 5.71. The van der Waals surface area contributed by atoms with Gasteiger partial charge in [0.2, 0.25) is 0 Å². The molecule has 0 radical (unpaired) electrons. The Hall–Kier alpha value is 0.170. The van der Waals surface area contributed by atoms with E-state index < -0.39 is 5.97 Å². The van der Waals surface area contributed by atoms with Crippen LogP contribution in [0.4, 0.5) is 0 Å². The second-order valence-electron chi connectivity index (χ2n) is 4.17. The summed E-state index contributed by atoms with van der Waals surface area (Å²) in [4.78, 5) is 10.6. The molecule has 1 aliphatic rings. The molecule has 0 heterocycles. The summed E-state index contributed by atoms with van der Waals surface area (Å²) in [6, 6.07) is 0. The van der Waals surface area contributed by atoms with Gasteiger partial charge >= 0.3 is 5.97 Å². The number of hydrogen-bond donors (Lipinski definition) is 1. The average molecular weight is 248 g/mol. The predicted octanol–water partition coefficient (Wildman–Crippen LogP) is 3.12.